The SMILES string of the molecule is C/[C]=C\C. The van der Waals surface area contributed by atoms with Crippen molar-refractivity contribution in [1.82, 2.24) is 0 Å². The minimum atomic E-state index is 1.88. The van der Waals surface area contributed by atoms with E-state index in [0.29, 0.717) is 0 Å². The molecular weight excluding hydrogens is 48.0 g/mol. The second-order valence-electron chi connectivity index (χ2n) is 0.577. The first-order valence-electron chi connectivity index (χ1n) is 1.37. The molecule has 1 radical (unpaired) electrons. The van der Waals surface area contributed by atoms with Gasteiger partial charge in [0.2, 0.25) is 0 Å². The van der Waals surface area contributed by atoms with E-state index < -0.39 is 0 Å². The van der Waals surface area contributed by atoms with Gasteiger partial charge in [-0.2, -0.15) is 0 Å². The quantitative estimate of drug-likeness (QED) is 0.392. The van der Waals surface area contributed by atoms with Gasteiger partial charge in [0, 0.05) is 0 Å². The third-order valence-corrected chi connectivity index (χ3v) is 0.289. The summed E-state index contributed by atoms with van der Waals surface area (Å²) in [5, 5.41) is 0. The molecule has 23 valence electrons. The van der Waals surface area contributed by atoms with Crippen LogP contribution in [-0.4, -0.2) is 0 Å². The summed E-state index contributed by atoms with van der Waals surface area (Å²) in [7, 11) is 0. The Hall–Kier alpha value is -0.260. The third-order valence-electron chi connectivity index (χ3n) is 0.289. The van der Waals surface area contributed by atoms with Gasteiger partial charge in [0.1, 0.15) is 0 Å². The number of hydrogen-bond donors (Lipinski definition) is 0. The van der Waals surface area contributed by atoms with Crippen molar-refractivity contribution in [2.45, 2.75) is 13.8 Å². The van der Waals surface area contributed by atoms with Crippen LogP contribution in [0.25, 0.3) is 0 Å². The lowest BCUT2D eigenvalue weighted by Gasteiger charge is -1.47. The summed E-state index contributed by atoms with van der Waals surface area (Å²) < 4.78 is 0. The van der Waals surface area contributed by atoms with E-state index in [0.717, 1.165) is 0 Å². The predicted molar refractivity (Wildman–Crippen MR) is 19.2 cm³/mol. The Balaban J connectivity index is 2.55. The molecule has 0 aromatic heterocycles. The summed E-state index contributed by atoms with van der Waals surface area (Å²) in [6.45, 7) is 3.82. The predicted octanol–water partition coefficient (Wildman–Crippen LogP) is 1.39. The zero-order valence-electron chi connectivity index (χ0n) is 3.08. The average molecular weight is 55.1 g/mol. The van der Waals surface area contributed by atoms with Crippen LogP contribution >= 0.6 is 0 Å². The lowest BCUT2D eigenvalue weighted by atomic mass is 10.6. The van der Waals surface area contributed by atoms with E-state index in [4.69, 9.17) is 0 Å². The second-order valence-corrected chi connectivity index (χ2v) is 0.577. The molecular formula is C4H7. The van der Waals surface area contributed by atoms with Crippen molar-refractivity contribution in [3.8, 4) is 0 Å². The highest BCUT2D eigenvalue weighted by molar-refractivity contribution is 4.58. The van der Waals surface area contributed by atoms with E-state index in [-0.39, 0.29) is 0 Å². The Labute approximate surface area is 27.1 Å². The van der Waals surface area contributed by atoms with Crippen LogP contribution in [0.1, 0.15) is 13.8 Å². The van der Waals surface area contributed by atoms with Gasteiger partial charge in [-0.05, 0) is 13.8 Å². The van der Waals surface area contributed by atoms with Gasteiger partial charge in [0.25, 0.3) is 0 Å². The van der Waals surface area contributed by atoms with Crippen LogP contribution in [0.3, 0.4) is 0 Å². The summed E-state index contributed by atoms with van der Waals surface area (Å²) >= 11 is 0. The van der Waals surface area contributed by atoms with Gasteiger partial charge in [-0.25, -0.2) is 0 Å². The Bertz CT molecular complexity index is 15.2. The van der Waals surface area contributed by atoms with Crippen molar-refractivity contribution in [3.05, 3.63) is 12.2 Å². The Morgan fingerprint density at radius 1 is 1.75 bits per heavy atom. The first-order valence-corrected chi connectivity index (χ1v) is 1.37. The van der Waals surface area contributed by atoms with Crippen molar-refractivity contribution in [3.63, 3.8) is 0 Å². The standard InChI is InChI=1S/C4H7/c1-3-4-2/h3H,1-2H3. The van der Waals surface area contributed by atoms with E-state index in [9.17, 15) is 0 Å². The fourth-order valence-corrected chi connectivity index (χ4v) is 0. The van der Waals surface area contributed by atoms with Gasteiger partial charge in [-0.3, -0.25) is 0 Å². The van der Waals surface area contributed by atoms with Crippen molar-refractivity contribution in [1.29, 1.82) is 0 Å². The molecule has 0 nitrogen and oxygen atoms in total. The fraction of sp³-hybridized carbons (Fsp3) is 0.500. The maximum Gasteiger partial charge on any atom is -0.0399 e. The maximum atomic E-state index is 2.81. The van der Waals surface area contributed by atoms with E-state index >= 15 is 0 Å². The third kappa shape index (κ3) is 1.74. The highest BCUT2D eigenvalue weighted by Crippen LogP contribution is 1.54. The highest BCUT2D eigenvalue weighted by Gasteiger charge is 1.36. The monoisotopic (exact) mass is 55.1 g/mol. The molecule has 0 fully saturated rings. The molecule has 4 heavy (non-hydrogen) atoms. The molecule has 0 spiro atoms. The first-order chi connectivity index (χ1) is 1.91. The summed E-state index contributed by atoms with van der Waals surface area (Å²) in [5.41, 5.74) is 0. The van der Waals surface area contributed by atoms with Gasteiger partial charge in [0.15, 0.2) is 0 Å². The van der Waals surface area contributed by atoms with Gasteiger partial charge in [0.05, 0.1) is 0 Å². The summed E-state index contributed by atoms with van der Waals surface area (Å²) in [6, 6.07) is 0. The maximum absolute atomic E-state index is 2.81. The molecule has 0 atom stereocenters. The zero-order valence-corrected chi connectivity index (χ0v) is 3.08. The summed E-state index contributed by atoms with van der Waals surface area (Å²) in [4.78, 5) is 0. The van der Waals surface area contributed by atoms with Crippen LogP contribution in [0.5, 0.6) is 0 Å². The van der Waals surface area contributed by atoms with Crippen molar-refractivity contribution >= 4 is 0 Å². The van der Waals surface area contributed by atoms with Gasteiger partial charge >= 0.3 is 0 Å². The van der Waals surface area contributed by atoms with Crippen LogP contribution < -0.4 is 0 Å². The summed E-state index contributed by atoms with van der Waals surface area (Å²) in [6.07, 6.45) is 4.68. The minimum Gasteiger partial charge on any atom is -0.0845 e. The van der Waals surface area contributed by atoms with Gasteiger partial charge in [-0.15, -0.1) is 0 Å². The van der Waals surface area contributed by atoms with Crippen LogP contribution in [0.4, 0.5) is 0 Å². The molecule has 0 aromatic carbocycles. The molecule has 0 aliphatic heterocycles. The molecule has 0 saturated carbocycles. The molecule has 0 amide bonds. The van der Waals surface area contributed by atoms with E-state index in [1.54, 1.807) is 0 Å². The minimum absolute atomic E-state index is 1.88. The van der Waals surface area contributed by atoms with E-state index in [1.165, 1.54) is 0 Å². The van der Waals surface area contributed by atoms with Crippen LogP contribution in [0, 0.1) is 6.08 Å². The molecule has 0 aliphatic carbocycles. The average Bonchev–Trinajstić information content (AvgIpc) is 1.37. The number of rotatable bonds is 0. The Kier molecular flexibility index (Phi) is 2.56. The van der Waals surface area contributed by atoms with Crippen LogP contribution in [0.15, 0.2) is 6.08 Å². The molecule has 0 bridgehead atoms. The van der Waals surface area contributed by atoms with Crippen LogP contribution in [0.2, 0.25) is 0 Å². The van der Waals surface area contributed by atoms with Gasteiger partial charge in [-0.1, -0.05) is 12.2 Å². The van der Waals surface area contributed by atoms with Crippen molar-refractivity contribution in [2.75, 3.05) is 0 Å². The smallest absolute Gasteiger partial charge is 0.0399 e. The molecule has 0 aromatic rings. The number of hydrogen-bond acceptors (Lipinski definition) is 0. The zero-order chi connectivity index (χ0) is 3.41. The van der Waals surface area contributed by atoms with Crippen LogP contribution in [-0.2, 0) is 0 Å². The highest BCUT2D eigenvalue weighted by atomic mass is 13.4. The van der Waals surface area contributed by atoms with Gasteiger partial charge < -0.3 is 0 Å². The fourth-order valence-electron chi connectivity index (χ4n) is 0. The first kappa shape index (κ1) is 3.74. The molecule has 0 heteroatoms. The molecule has 0 saturated heterocycles. The summed E-state index contributed by atoms with van der Waals surface area (Å²) in [5.74, 6) is 0. The lowest BCUT2D eigenvalue weighted by molar-refractivity contribution is 1.58. The largest absolute Gasteiger partial charge is 0.0845 e. The van der Waals surface area contributed by atoms with E-state index in [2.05, 4.69) is 6.08 Å². The molecule has 0 heterocycles. The molecule has 0 N–H and O–H groups in total. The number of allylic oxidation sites excluding steroid dienone is 2. The lowest BCUT2D eigenvalue weighted by Crippen LogP contribution is -1.29. The normalized spacial score (nSPS) is 9.50. The van der Waals surface area contributed by atoms with Crippen molar-refractivity contribution in [2.24, 2.45) is 0 Å². The molecule has 0 aliphatic rings. The Morgan fingerprint density at radius 2 is 2.00 bits per heavy atom. The second kappa shape index (κ2) is 2.74. The van der Waals surface area contributed by atoms with E-state index in [1.807, 2.05) is 19.9 Å². The molecule has 0 rings (SSSR count). The Morgan fingerprint density at radius 3 is 2.00 bits per heavy atom. The van der Waals surface area contributed by atoms with Crippen molar-refractivity contribution < 1.29 is 0 Å². The molecule has 0 unspecified atom stereocenters. The topological polar surface area (TPSA) is 0 Å².